The van der Waals surface area contributed by atoms with Crippen LogP contribution in [0.15, 0.2) is 67.0 Å². The van der Waals surface area contributed by atoms with Gasteiger partial charge in [-0.05, 0) is 42.5 Å². The SMILES string of the molecule is Fc1ccccc1NC(=S)Nc1cc2ncccc2c2cccnc12. The van der Waals surface area contributed by atoms with Gasteiger partial charge in [-0.1, -0.05) is 24.3 Å². The van der Waals surface area contributed by atoms with Crippen molar-refractivity contribution in [3.05, 3.63) is 72.8 Å². The van der Waals surface area contributed by atoms with Crippen LogP contribution in [0.3, 0.4) is 0 Å². The number of aromatic nitrogens is 2. The van der Waals surface area contributed by atoms with Gasteiger partial charge in [0, 0.05) is 23.2 Å². The van der Waals surface area contributed by atoms with Crippen LogP contribution < -0.4 is 10.6 Å². The fourth-order valence-corrected chi connectivity index (χ4v) is 2.96. The molecule has 2 aromatic heterocycles. The maximum absolute atomic E-state index is 13.8. The predicted octanol–water partition coefficient (Wildman–Crippen LogP) is 4.73. The molecule has 4 rings (SSSR count). The van der Waals surface area contributed by atoms with E-state index in [4.69, 9.17) is 12.2 Å². The van der Waals surface area contributed by atoms with E-state index in [2.05, 4.69) is 20.6 Å². The van der Waals surface area contributed by atoms with Crippen LogP contribution in [-0.2, 0) is 0 Å². The molecule has 0 aliphatic carbocycles. The van der Waals surface area contributed by atoms with E-state index in [0.29, 0.717) is 5.69 Å². The lowest BCUT2D eigenvalue weighted by atomic mass is 10.1. The Labute approximate surface area is 148 Å². The molecule has 2 heterocycles. The molecule has 0 fully saturated rings. The van der Waals surface area contributed by atoms with E-state index in [0.717, 1.165) is 27.5 Å². The number of rotatable bonds is 2. The van der Waals surface area contributed by atoms with E-state index in [1.54, 1.807) is 30.6 Å². The minimum atomic E-state index is -0.366. The predicted molar refractivity (Wildman–Crippen MR) is 103 cm³/mol. The molecule has 4 aromatic rings. The van der Waals surface area contributed by atoms with E-state index >= 15 is 0 Å². The second-order valence-electron chi connectivity index (χ2n) is 5.45. The van der Waals surface area contributed by atoms with Gasteiger partial charge in [0.05, 0.1) is 22.4 Å². The van der Waals surface area contributed by atoms with Crippen LogP contribution in [0, 0.1) is 5.82 Å². The third-order valence-electron chi connectivity index (χ3n) is 3.84. The number of anilines is 2. The molecule has 0 bridgehead atoms. The molecule has 0 spiro atoms. The third kappa shape index (κ3) is 2.99. The topological polar surface area (TPSA) is 49.8 Å². The van der Waals surface area contributed by atoms with Crippen molar-refractivity contribution in [2.45, 2.75) is 0 Å². The number of thiocarbonyl (C=S) groups is 1. The Hall–Kier alpha value is -3.12. The van der Waals surface area contributed by atoms with Gasteiger partial charge in [0.2, 0.25) is 0 Å². The van der Waals surface area contributed by atoms with Crippen molar-refractivity contribution < 1.29 is 4.39 Å². The van der Waals surface area contributed by atoms with Crippen LogP contribution in [0.1, 0.15) is 0 Å². The number of hydrogen-bond donors (Lipinski definition) is 2. The van der Waals surface area contributed by atoms with Crippen LogP contribution in [0.2, 0.25) is 0 Å². The van der Waals surface area contributed by atoms with Crippen molar-refractivity contribution in [1.29, 1.82) is 0 Å². The maximum atomic E-state index is 13.8. The monoisotopic (exact) mass is 348 g/mol. The molecule has 122 valence electrons. The first-order valence-electron chi connectivity index (χ1n) is 7.67. The van der Waals surface area contributed by atoms with Gasteiger partial charge in [-0.3, -0.25) is 9.97 Å². The first kappa shape index (κ1) is 15.4. The largest absolute Gasteiger partial charge is 0.331 e. The van der Waals surface area contributed by atoms with Gasteiger partial charge in [0.15, 0.2) is 5.11 Å². The van der Waals surface area contributed by atoms with Crippen LogP contribution in [0.25, 0.3) is 21.8 Å². The summed E-state index contributed by atoms with van der Waals surface area (Å²) in [6.07, 6.45) is 3.47. The highest BCUT2D eigenvalue weighted by molar-refractivity contribution is 7.80. The normalized spacial score (nSPS) is 10.8. The summed E-state index contributed by atoms with van der Waals surface area (Å²) in [4.78, 5) is 8.86. The van der Waals surface area contributed by atoms with Crippen LogP contribution in [0.4, 0.5) is 15.8 Å². The van der Waals surface area contributed by atoms with E-state index in [1.165, 1.54) is 6.07 Å². The Kier molecular flexibility index (Phi) is 3.95. The zero-order valence-corrected chi connectivity index (χ0v) is 13.8. The average Bonchev–Trinajstić information content (AvgIpc) is 2.64. The molecule has 25 heavy (non-hydrogen) atoms. The molecule has 0 unspecified atom stereocenters. The Morgan fingerprint density at radius 2 is 1.56 bits per heavy atom. The summed E-state index contributed by atoms with van der Waals surface area (Å²) in [5.41, 5.74) is 2.65. The Morgan fingerprint density at radius 3 is 2.40 bits per heavy atom. The summed E-state index contributed by atoms with van der Waals surface area (Å²) in [7, 11) is 0. The molecule has 2 N–H and O–H groups in total. The number of hydrogen-bond acceptors (Lipinski definition) is 3. The van der Waals surface area contributed by atoms with Gasteiger partial charge < -0.3 is 10.6 Å². The molecule has 0 aliphatic heterocycles. The number of halogens is 1. The zero-order valence-electron chi connectivity index (χ0n) is 13.0. The standard InChI is InChI=1S/C19H13FN4S/c20-14-7-1-2-8-15(14)23-19(25)24-17-11-16-12(5-3-9-21-16)13-6-4-10-22-18(13)17/h1-11H,(H2,23,24,25). The molecule has 0 saturated carbocycles. The van der Waals surface area contributed by atoms with E-state index < -0.39 is 0 Å². The highest BCUT2D eigenvalue weighted by Gasteiger charge is 2.10. The lowest BCUT2D eigenvalue weighted by Crippen LogP contribution is -2.20. The summed E-state index contributed by atoms with van der Waals surface area (Å²) in [5, 5.41) is 8.25. The number of benzene rings is 2. The summed E-state index contributed by atoms with van der Waals surface area (Å²) >= 11 is 5.33. The Balaban J connectivity index is 1.73. The molecule has 0 saturated heterocycles. The first-order valence-corrected chi connectivity index (χ1v) is 8.08. The second kappa shape index (κ2) is 6.41. The van der Waals surface area contributed by atoms with Crippen molar-refractivity contribution >= 4 is 50.5 Å². The van der Waals surface area contributed by atoms with Gasteiger partial charge in [0.25, 0.3) is 0 Å². The maximum Gasteiger partial charge on any atom is 0.175 e. The number of pyridine rings is 2. The van der Waals surface area contributed by atoms with Gasteiger partial charge in [-0.15, -0.1) is 0 Å². The lowest BCUT2D eigenvalue weighted by Gasteiger charge is -2.14. The van der Waals surface area contributed by atoms with Gasteiger partial charge in [-0.2, -0.15) is 0 Å². The molecular formula is C19H13FN4S. The molecular weight excluding hydrogens is 335 g/mol. The van der Waals surface area contributed by atoms with Crippen LogP contribution >= 0.6 is 12.2 Å². The molecule has 0 amide bonds. The van der Waals surface area contributed by atoms with Crippen molar-refractivity contribution in [1.82, 2.24) is 9.97 Å². The molecule has 2 aromatic carbocycles. The Morgan fingerprint density at radius 1 is 0.840 bits per heavy atom. The summed E-state index contributed by atoms with van der Waals surface area (Å²) in [6, 6.07) is 16.0. The van der Waals surface area contributed by atoms with Gasteiger partial charge in [0.1, 0.15) is 5.82 Å². The molecule has 4 nitrogen and oxygen atoms in total. The third-order valence-corrected chi connectivity index (χ3v) is 4.05. The molecule has 0 aliphatic rings. The minimum Gasteiger partial charge on any atom is -0.331 e. The Bertz CT molecular complexity index is 1100. The number of nitrogens with zero attached hydrogens (tertiary/aromatic N) is 2. The summed E-state index contributed by atoms with van der Waals surface area (Å²) < 4.78 is 13.8. The highest BCUT2D eigenvalue weighted by atomic mass is 32.1. The van der Waals surface area contributed by atoms with Crippen molar-refractivity contribution in [2.24, 2.45) is 0 Å². The fourth-order valence-electron chi connectivity index (χ4n) is 2.74. The minimum absolute atomic E-state index is 0.285. The van der Waals surface area contributed by atoms with E-state index in [-0.39, 0.29) is 10.9 Å². The van der Waals surface area contributed by atoms with Crippen molar-refractivity contribution in [2.75, 3.05) is 10.6 Å². The van der Waals surface area contributed by atoms with E-state index in [1.807, 2.05) is 30.3 Å². The van der Waals surface area contributed by atoms with Crippen molar-refractivity contribution in [3.8, 4) is 0 Å². The number of para-hydroxylation sites is 1. The van der Waals surface area contributed by atoms with Gasteiger partial charge >= 0.3 is 0 Å². The van der Waals surface area contributed by atoms with Crippen LogP contribution in [-0.4, -0.2) is 15.1 Å². The van der Waals surface area contributed by atoms with Gasteiger partial charge in [-0.25, -0.2) is 4.39 Å². The lowest BCUT2D eigenvalue weighted by molar-refractivity contribution is 0.632. The average molecular weight is 348 g/mol. The number of nitrogens with one attached hydrogen (secondary N) is 2. The first-order chi connectivity index (χ1) is 12.2. The quantitative estimate of drug-likeness (QED) is 0.405. The van der Waals surface area contributed by atoms with E-state index in [9.17, 15) is 4.39 Å². The fraction of sp³-hybridized carbons (Fsp3) is 0. The summed E-state index contributed by atoms with van der Waals surface area (Å²) in [5.74, 6) is -0.366. The second-order valence-corrected chi connectivity index (χ2v) is 5.86. The smallest absolute Gasteiger partial charge is 0.175 e. The molecule has 0 radical (unpaired) electrons. The zero-order chi connectivity index (χ0) is 17.2. The van der Waals surface area contributed by atoms with Crippen molar-refractivity contribution in [3.63, 3.8) is 0 Å². The molecule has 6 heteroatoms. The number of fused-ring (bicyclic) bond motifs is 3. The van der Waals surface area contributed by atoms with Crippen LogP contribution in [0.5, 0.6) is 0 Å². The summed E-state index contributed by atoms with van der Waals surface area (Å²) in [6.45, 7) is 0. The molecule has 0 atom stereocenters. The highest BCUT2D eigenvalue weighted by Crippen LogP contribution is 2.29.